The van der Waals surface area contributed by atoms with Crippen LogP contribution in [0.2, 0.25) is 0 Å². The molecule has 9 nitrogen and oxygen atoms in total. The van der Waals surface area contributed by atoms with E-state index in [2.05, 4.69) is 62.1 Å². The molecule has 2 fully saturated rings. The van der Waals surface area contributed by atoms with E-state index < -0.39 is 6.09 Å². The second-order valence-electron chi connectivity index (χ2n) is 12.9. The molecule has 3 N–H and O–H groups in total. The summed E-state index contributed by atoms with van der Waals surface area (Å²) < 4.78 is 7.00. The number of thiazole rings is 1. The van der Waals surface area contributed by atoms with Crippen LogP contribution >= 0.6 is 23.1 Å². The third-order valence-electron chi connectivity index (χ3n) is 7.68. The number of amides is 2. The van der Waals surface area contributed by atoms with Gasteiger partial charge in [0.25, 0.3) is 0 Å². The minimum absolute atomic E-state index is 0.00519. The molecule has 1 saturated heterocycles. The molecule has 4 rings (SSSR count). The average Bonchev–Trinajstić information content (AvgIpc) is 3.51. The molecule has 2 unspecified atom stereocenters. The van der Waals surface area contributed by atoms with Gasteiger partial charge in [-0.05, 0) is 37.5 Å². The number of anilines is 1. The summed E-state index contributed by atoms with van der Waals surface area (Å²) in [6.07, 6.45) is 7.72. The van der Waals surface area contributed by atoms with Crippen LogP contribution in [0.4, 0.5) is 9.93 Å². The topological polar surface area (TPSA) is 121 Å². The third-order valence-corrected chi connectivity index (χ3v) is 9.79. The average molecular weight is 578 g/mol. The van der Waals surface area contributed by atoms with E-state index in [0.717, 1.165) is 46.7 Å². The number of nitrogens with one attached hydrogen (secondary N) is 2. The Morgan fingerprint density at radius 1 is 1.10 bits per heavy atom. The summed E-state index contributed by atoms with van der Waals surface area (Å²) in [6, 6.07) is 0.0975. The van der Waals surface area contributed by atoms with Crippen LogP contribution in [0.3, 0.4) is 0 Å². The fourth-order valence-electron chi connectivity index (χ4n) is 5.56. The van der Waals surface area contributed by atoms with Crippen molar-refractivity contribution in [3.05, 3.63) is 24.0 Å². The minimum atomic E-state index is -0.996. The SMILES string of the molecule is CC(C)(C)c1cnc(CSc2cnc(N[C@H]3CCC[C@@H](C(=O)N4CCC(NC(=O)O)CC4C(C)(C)C)C3)s2)o1. The quantitative estimate of drug-likeness (QED) is 0.325. The van der Waals surface area contributed by atoms with Crippen molar-refractivity contribution < 1.29 is 19.1 Å². The van der Waals surface area contributed by atoms with Crippen LogP contribution < -0.4 is 10.6 Å². The maximum absolute atomic E-state index is 13.8. The van der Waals surface area contributed by atoms with E-state index in [9.17, 15) is 14.7 Å². The fourth-order valence-corrected chi connectivity index (χ4v) is 7.36. The first-order valence-corrected chi connectivity index (χ1v) is 15.7. The molecular formula is C28H43N5O4S2. The second-order valence-corrected chi connectivity index (χ2v) is 15.2. The molecule has 0 bridgehead atoms. The van der Waals surface area contributed by atoms with E-state index in [4.69, 9.17) is 4.42 Å². The van der Waals surface area contributed by atoms with Crippen LogP contribution in [0.1, 0.15) is 91.7 Å². The molecule has 0 aromatic carbocycles. The molecule has 1 saturated carbocycles. The predicted octanol–water partition coefficient (Wildman–Crippen LogP) is 6.36. The van der Waals surface area contributed by atoms with Gasteiger partial charge in [0.1, 0.15) is 5.76 Å². The van der Waals surface area contributed by atoms with Gasteiger partial charge in [-0.3, -0.25) is 4.79 Å². The Hall–Kier alpha value is -2.27. The van der Waals surface area contributed by atoms with Crippen molar-refractivity contribution in [1.29, 1.82) is 0 Å². The molecule has 2 aliphatic rings. The maximum Gasteiger partial charge on any atom is 0.404 e. The molecule has 2 aromatic rings. The largest absolute Gasteiger partial charge is 0.465 e. The summed E-state index contributed by atoms with van der Waals surface area (Å²) in [5.74, 6) is 2.46. The molecule has 2 aromatic heterocycles. The van der Waals surface area contributed by atoms with Gasteiger partial charge in [0.15, 0.2) is 5.13 Å². The number of thioether (sulfide) groups is 1. The van der Waals surface area contributed by atoms with Crippen molar-refractivity contribution in [3.8, 4) is 0 Å². The van der Waals surface area contributed by atoms with Crippen molar-refractivity contribution in [1.82, 2.24) is 20.2 Å². The number of rotatable bonds is 7. The molecular weight excluding hydrogens is 534 g/mol. The predicted molar refractivity (Wildman–Crippen MR) is 155 cm³/mol. The van der Waals surface area contributed by atoms with Crippen LogP contribution in [-0.2, 0) is 16.0 Å². The Morgan fingerprint density at radius 2 is 1.87 bits per heavy atom. The summed E-state index contributed by atoms with van der Waals surface area (Å²) in [5.41, 5.74) is -0.187. The zero-order valence-corrected chi connectivity index (χ0v) is 25.6. The van der Waals surface area contributed by atoms with Gasteiger partial charge >= 0.3 is 6.09 Å². The maximum atomic E-state index is 13.8. The molecule has 4 atom stereocenters. The number of hydrogen-bond donors (Lipinski definition) is 3. The lowest BCUT2D eigenvalue weighted by Crippen LogP contribution is -2.57. The number of carboxylic acid groups (broad SMARTS) is 1. The Morgan fingerprint density at radius 3 is 2.54 bits per heavy atom. The van der Waals surface area contributed by atoms with E-state index in [1.54, 1.807) is 23.1 Å². The van der Waals surface area contributed by atoms with Crippen LogP contribution in [0.5, 0.6) is 0 Å². The number of carbonyl (C=O) groups excluding carboxylic acids is 1. The number of hydrogen-bond acceptors (Lipinski definition) is 8. The number of piperidine rings is 1. The van der Waals surface area contributed by atoms with Crippen molar-refractivity contribution in [3.63, 3.8) is 0 Å². The van der Waals surface area contributed by atoms with Crippen LogP contribution in [0.15, 0.2) is 21.0 Å². The van der Waals surface area contributed by atoms with E-state index in [1.165, 1.54) is 0 Å². The van der Waals surface area contributed by atoms with E-state index in [0.29, 0.717) is 25.1 Å². The third kappa shape index (κ3) is 7.90. The molecule has 3 heterocycles. The minimum Gasteiger partial charge on any atom is -0.465 e. The number of oxazole rings is 1. The van der Waals surface area contributed by atoms with Gasteiger partial charge < -0.3 is 25.1 Å². The molecule has 0 radical (unpaired) electrons. The van der Waals surface area contributed by atoms with E-state index >= 15 is 0 Å². The molecule has 1 aliphatic heterocycles. The summed E-state index contributed by atoms with van der Waals surface area (Å²) in [6.45, 7) is 13.3. The summed E-state index contributed by atoms with van der Waals surface area (Å²) in [5, 5.41) is 16.3. The first kappa shape index (κ1) is 29.7. The van der Waals surface area contributed by atoms with E-state index in [-0.39, 0.29) is 40.8 Å². The lowest BCUT2D eigenvalue weighted by Gasteiger charge is -2.47. The molecule has 2 amide bonds. The highest BCUT2D eigenvalue weighted by Crippen LogP contribution is 2.37. The molecule has 11 heteroatoms. The van der Waals surface area contributed by atoms with Crippen molar-refractivity contribution in [2.75, 3.05) is 11.9 Å². The Bertz CT molecular complexity index is 1140. The van der Waals surface area contributed by atoms with Gasteiger partial charge in [0.2, 0.25) is 11.8 Å². The highest BCUT2D eigenvalue weighted by Gasteiger charge is 2.41. The first-order valence-electron chi connectivity index (χ1n) is 13.9. The highest BCUT2D eigenvalue weighted by atomic mass is 32.2. The lowest BCUT2D eigenvalue weighted by molar-refractivity contribution is -0.143. The van der Waals surface area contributed by atoms with Gasteiger partial charge in [-0.25, -0.2) is 14.8 Å². The normalized spacial score (nSPS) is 24.4. The Balaban J connectivity index is 1.32. The number of likely N-dealkylation sites (tertiary alicyclic amines) is 1. The summed E-state index contributed by atoms with van der Waals surface area (Å²) in [4.78, 5) is 36.0. The second kappa shape index (κ2) is 12.1. The van der Waals surface area contributed by atoms with E-state index in [1.807, 2.05) is 17.3 Å². The smallest absolute Gasteiger partial charge is 0.404 e. The zero-order chi connectivity index (χ0) is 28.4. The van der Waals surface area contributed by atoms with Gasteiger partial charge in [-0.1, -0.05) is 59.3 Å². The number of aromatic nitrogens is 2. The van der Waals surface area contributed by atoms with Crippen molar-refractivity contribution in [2.24, 2.45) is 11.3 Å². The van der Waals surface area contributed by atoms with Crippen LogP contribution in [0.25, 0.3) is 0 Å². The summed E-state index contributed by atoms with van der Waals surface area (Å²) in [7, 11) is 0. The lowest BCUT2D eigenvalue weighted by atomic mass is 9.77. The first-order chi connectivity index (χ1) is 18.3. The van der Waals surface area contributed by atoms with Gasteiger partial charge in [-0.2, -0.15) is 0 Å². The Kier molecular flexibility index (Phi) is 9.20. The monoisotopic (exact) mass is 577 g/mol. The molecule has 39 heavy (non-hydrogen) atoms. The molecule has 0 spiro atoms. The zero-order valence-electron chi connectivity index (χ0n) is 24.0. The van der Waals surface area contributed by atoms with Crippen molar-refractivity contribution in [2.45, 2.75) is 114 Å². The number of nitrogens with zero attached hydrogens (tertiary/aromatic N) is 3. The number of carbonyl (C=O) groups is 2. The fraction of sp³-hybridized carbons (Fsp3) is 0.714. The standard InChI is InChI=1S/C28H43N5O4S2/c1-27(2,3)20-13-19(32-26(35)36)10-11-33(20)24(34)17-8-7-9-18(12-17)31-25-30-15-23(39-25)38-16-22-29-14-21(37-22)28(4,5)6/h14-15,17-20,32H,7-13,16H2,1-6H3,(H,30,31)(H,35,36)/t17-,18+,19?,20?/m1/s1. The summed E-state index contributed by atoms with van der Waals surface area (Å²) >= 11 is 3.29. The molecule has 216 valence electrons. The highest BCUT2D eigenvalue weighted by molar-refractivity contribution is 8.00. The van der Waals surface area contributed by atoms with Gasteiger partial charge in [0.05, 0.1) is 22.4 Å². The van der Waals surface area contributed by atoms with Gasteiger partial charge in [0, 0.05) is 36.0 Å². The van der Waals surface area contributed by atoms with Crippen LogP contribution in [-0.4, -0.2) is 56.6 Å². The van der Waals surface area contributed by atoms with Crippen LogP contribution in [0, 0.1) is 11.3 Å². The Labute approximate surface area is 239 Å². The van der Waals surface area contributed by atoms with Gasteiger partial charge in [-0.15, -0.1) is 11.8 Å². The van der Waals surface area contributed by atoms with Crippen molar-refractivity contribution >= 4 is 40.2 Å². The molecule has 1 aliphatic carbocycles.